The first kappa shape index (κ1) is 14.1. The molecule has 2 aromatic rings. The highest BCUT2D eigenvalue weighted by atomic mass is 32.2. The zero-order chi connectivity index (χ0) is 14.0. The number of aryl methyl sites for hydroxylation is 2. The molecule has 0 saturated heterocycles. The van der Waals surface area contributed by atoms with Gasteiger partial charge in [0.15, 0.2) is 4.58 Å². The van der Waals surface area contributed by atoms with Crippen LogP contribution in [-0.4, -0.2) is 43.5 Å². The number of hydrogen-bond donors (Lipinski definition) is 0. The van der Waals surface area contributed by atoms with Gasteiger partial charge in [-0.05, 0) is 26.2 Å². The van der Waals surface area contributed by atoms with Crippen molar-refractivity contribution in [3.8, 4) is 0 Å². The summed E-state index contributed by atoms with van der Waals surface area (Å²) in [6.45, 7) is 3.85. The molecule has 0 saturated carbocycles. The number of esters is 1. The van der Waals surface area contributed by atoms with Crippen molar-refractivity contribution in [2.45, 2.75) is 23.6 Å². The zero-order valence-corrected chi connectivity index (χ0v) is 12.7. The molecule has 102 valence electrons. The predicted octanol–water partition coefficient (Wildman–Crippen LogP) is 1.70. The van der Waals surface area contributed by atoms with E-state index in [4.69, 9.17) is 4.74 Å². The van der Waals surface area contributed by atoms with Gasteiger partial charge in [-0.1, -0.05) is 11.8 Å². The van der Waals surface area contributed by atoms with Gasteiger partial charge >= 0.3 is 5.97 Å². The van der Waals surface area contributed by atoms with E-state index in [9.17, 15) is 4.79 Å². The molecule has 6 nitrogen and oxygen atoms in total. The van der Waals surface area contributed by atoms with Gasteiger partial charge in [0.05, 0.1) is 7.11 Å². The van der Waals surface area contributed by atoms with E-state index >= 15 is 0 Å². The molecular weight excluding hydrogens is 284 g/mol. The van der Waals surface area contributed by atoms with Crippen molar-refractivity contribution in [1.82, 2.24) is 19.6 Å². The molecule has 0 fully saturated rings. The minimum absolute atomic E-state index is 0.294. The van der Waals surface area contributed by atoms with Crippen LogP contribution in [0, 0.1) is 13.8 Å². The van der Waals surface area contributed by atoms with E-state index in [-0.39, 0.29) is 10.6 Å². The third-order valence-electron chi connectivity index (χ3n) is 2.42. The van der Waals surface area contributed by atoms with Gasteiger partial charge in [0.1, 0.15) is 0 Å². The summed E-state index contributed by atoms with van der Waals surface area (Å²) in [7, 11) is 1.37. The fourth-order valence-electron chi connectivity index (χ4n) is 1.58. The highest BCUT2D eigenvalue weighted by Crippen LogP contribution is 2.28. The molecule has 0 aliphatic carbocycles. The summed E-state index contributed by atoms with van der Waals surface area (Å²) in [5, 5.41) is 4.86. The quantitative estimate of drug-likeness (QED) is 0.483. The van der Waals surface area contributed by atoms with Crippen molar-refractivity contribution in [3.63, 3.8) is 0 Å². The molecule has 0 aromatic carbocycles. The van der Waals surface area contributed by atoms with Crippen LogP contribution in [0.25, 0.3) is 5.78 Å². The van der Waals surface area contributed by atoms with Crippen LogP contribution in [-0.2, 0) is 9.53 Å². The van der Waals surface area contributed by atoms with Crippen LogP contribution in [0.3, 0.4) is 0 Å². The van der Waals surface area contributed by atoms with Crippen molar-refractivity contribution in [2.24, 2.45) is 0 Å². The third kappa shape index (κ3) is 3.01. The first-order valence-electron chi connectivity index (χ1n) is 5.53. The monoisotopic (exact) mass is 298 g/mol. The molecule has 1 atom stereocenters. The minimum atomic E-state index is -0.371. The molecule has 0 spiro atoms. The van der Waals surface area contributed by atoms with Crippen molar-refractivity contribution in [1.29, 1.82) is 0 Å². The van der Waals surface area contributed by atoms with Gasteiger partial charge in [0.2, 0.25) is 5.16 Å². The van der Waals surface area contributed by atoms with E-state index in [1.54, 1.807) is 4.52 Å². The number of ether oxygens (including phenoxy) is 1. The van der Waals surface area contributed by atoms with Crippen LogP contribution in [0.5, 0.6) is 0 Å². The molecule has 0 aliphatic heterocycles. The van der Waals surface area contributed by atoms with Crippen molar-refractivity contribution in [2.75, 3.05) is 13.4 Å². The zero-order valence-electron chi connectivity index (χ0n) is 11.1. The van der Waals surface area contributed by atoms with E-state index in [0.29, 0.717) is 10.9 Å². The van der Waals surface area contributed by atoms with Gasteiger partial charge < -0.3 is 4.74 Å². The molecule has 0 radical (unpaired) electrons. The highest BCUT2D eigenvalue weighted by Gasteiger charge is 2.22. The fourth-order valence-corrected chi connectivity index (χ4v) is 3.16. The average molecular weight is 298 g/mol. The number of methoxy groups -OCH3 is 1. The molecule has 2 heterocycles. The Bertz CT molecular complexity index is 614. The van der Waals surface area contributed by atoms with Crippen LogP contribution < -0.4 is 0 Å². The predicted molar refractivity (Wildman–Crippen MR) is 75.4 cm³/mol. The first-order valence-corrected chi connectivity index (χ1v) is 7.70. The van der Waals surface area contributed by atoms with Crippen molar-refractivity contribution < 1.29 is 9.53 Å². The lowest BCUT2D eigenvalue weighted by Gasteiger charge is -2.08. The largest absolute Gasteiger partial charge is 0.468 e. The Labute approximate surface area is 119 Å². The van der Waals surface area contributed by atoms with Gasteiger partial charge in [-0.25, -0.2) is 14.3 Å². The van der Waals surface area contributed by atoms with Gasteiger partial charge in [0.25, 0.3) is 5.78 Å². The van der Waals surface area contributed by atoms with E-state index in [0.717, 1.165) is 11.4 Å². The standard InChI is InChI=1S/C11H14N4O2S2/c1-6-5-7(2)15-10(12-6)13-11(14-15)19-9(18-4)8(16)17-3/h5,9H,1-4H3. The Morgan fingerprint density at radius 3 is 2.79 bits per heavy atom. The SMILES string of the molecule is COC(=O)C(SC)Sc1nc2nc(C)cc(C)n2n1. The normalized spacial score (nSPS) is 12.6. The Morgan fingerprint density at radius 2 is 2.16 bits per heavy atom. The molecule has 0 amide bonds. The van der Waals surface area contributed by atoms with Crippen LogP contribution in [0.1, 0.15) is 11.4 Å². The van der Waals surface area contributed by atoms with Crippen LogP contribution in [0.2, 0.25) is 0 Å². The van der Waals surface area contributed by atoms with Gasteiger partial charge in [-0.2, -0.15) is 4.98 Å². The molecule has 0 bridgehead atoms. The molecule has 8 heteroatoms. The summed E-state index contributed by atoms with van der Waals surface area (Å²) in [5.41, 5.74) is 1.85. The third-order valence-corrected chi connectivity index (χ3v) is 4.70. The Hall–Kier alpha value is -1.28. The van der Waals surface area contributed by atoms with E-state index in [1.165, 1.54) is 30.6 Å². The first-order chi connectivity index (χ1) is 9.05. The number of fused-ring (bicyclic) bond motifs is 1. The van der Waals surface area contributed by atoms with Crippen LogP contribution in [0.4, 0.5) is 0 Å². The van der Waals surface area contributed by atoms with E-state index < -0.39 is 0 Å². The lowest BCUT2D eigenvalue weighted by atomic mass is 10.4. The number of rotatable bonds is 4. The molecule has 2 aromatic heterocycles. The lowest BCUT2D eigenvalue weighted by molar-refractivity contribution is -0.138. The second kappa shape index (κ2) is 5.79. The Kier molecular flexibility index (Phi) is 4.31. The topological polar surface area (TPSA) is 69.4 Å². The maximum absolute atomic E-state index is 11.5. The van der Waals surface area contributed by atoms with E-state index in [1.807, 2.05) is 26.2 Å². The summed E-state index contributed by atoms with van der Waals surface area (Å²) < 4.78 is 6.03. The summed E-state index contributed by atoms with van der Waals surface area (Å²) in [6.07, 6.45) is 1.85. The molecule has 2 rings (SSSR count). The lowest BCUT2D eigenvalue weighted by Crippen LogP contribution is -2.14. The minimum Gasteiger partial charge on any atom is -0.468 e. The van der Waals surface area contributed by atoms with Gasteiger partial charge in [0, 0.05) is 11.4 Å². The molecule has 0 aliphatic rings. The number of carbonyl (C=O) groups is 1. The van der Waals surface area contributed by atoms with Crippen LogP contribution in [0.15, 0.2) is 11.2 Å². The van der Waals surface area contributed by atoms with Gasteiger partial charge in [-0.3, -0.25) is 0 Å². The molecular formula is C11H14N4O2S2. The van der Waals surface area contributed by atoms with Crippen molar-refractivity contribution in [3.05, 3.63) is 17.5 Å². The summed E-state index contributed by atoms with van der Waals surface area (Å²) >= 11 is 2.66. The number of thioether (sulfide) groups is 2. The second-order valence-corrected chi connectivity index (χ2v) is 6.17. The van der Waals surface area contributed by atoms with E-state index in [2.05, 4.69) is 15.1 Å². The molecule has 0 N–H and O–H groups in total. The number of hydrogen-bond acceptors (Lipinski definition) is 7. The van der Waals surface area contributed by atoms with Crippen molar-refractivity contribution >= 4 is 35.3 Å². The fraction of sp³-hybridized carbons (Fsp3) is 0.455. The number of carbonyl (C=O) groups excluding carboxylic acids is 1. The maximum atomic E-state index is 11.5. The average Bonchev–Trinajstić information content (AvgIpc) is 2.77. The number of nitrogens with zero attached hydrogens (tertiary/aromatic N) is 4. The molecule has 1 unspecified atom stereocenters. The summed E-state index contributed by atoms with van der Waals surface area (Å²) in [6, 6.07) is 1.93. The summed E-state index contributed by atoms with van der Waals surface area (Å²) in [5.74, 6) is 0.252. The Balaban J connectivity index is 2.31. The maximum Gasteiger partial charge on any atom is 0.329 e. The Morgan fingerprint density at radius 1 is 1.42 bits per heavy atom. The highest BCUT2D eigenvalue weighted by molar-refractivity contribution is 8.17. The number of aromatic nitrogens is 4. The summed E-state index contributed by atoms with van der Waals surface area (Å²) in [4.78, 5) is 20.2. The molecule has 19 heavy (non-hydrogen) atoms. The van der Waals surface area contributed by atoms with Gasteiger partial charge in [-0.15, -0.1) is 16.9 Å². The van der Waals surface area contributed by atoms with Crippen LogP contribution >= 0.6 is 23.5 Å². The smallest absolute Gasteiger partial charge is 0.329 e. The second-order valence-electron chi connectivity index (χ2n) is 3.85.